The van der Waals surface area contributed by atoms with Crippen molar-refractivity contribution in [2.75, 3.05) is 34.0 Å². The van der Waals surface area contributed by atoms with Crippen molar-refractivity contribution in [3.05, 3.63) is 54.2 Å². The van der Waals surface area contributed by atoms with E-state index in [2.05, 4.69) is 5.10 Å². The lowest BCUT2D eigenvalue weighted by atomic mass is 9.97. The predicted molar refractivity (Wildman–Crippen MR) is 111 cm³/mol. The summed E-state index contributed by atoms with van der Waals surface area (Å²) in [6.45, 7) is 0.692. The smallest absolute Gasteiger partial charge is 0.245 e. The van der Waals surface area contributed by atoms with Crippen molar-refractivity contribution in [3.8, 4) is 11.5 Å². The van der Waals surface area contributed by atoms with Crippen molar-refractivity contribution in [3.63, 3.8) is 0 Å². The Bertz CT molecular complexity index is 1030. The lowest BCUT2D eigenvalue weighted by molar-refractivity contribution is -0.150. The van der Waals surface area contributed by atoms with Crippen LogP contribution in [0.2, 0.25) is 0 Å². The molecule has 0 radical (unpaired) electrons. The molecule has 2 atom stereocenters. The van der Waals surface area contributed by atoms with Crippen LogP contribution >= 0.6 is 0 Å². The minimum absolute atomic E-state index is 0.0922. The standard InChI is InChI=1S/C22H25N3O5/c1-28-18-8-7-15(11-19(18)29-2)22-20(14-26)30-10-9-24(22)21(27)13-25-17-6-4-3-5-16(17)12-23-25/h3-8,11-12,20,22,26H,9-10,13-14H2,1-2H3/t20-,22-/m1/s1. The van der Waals surface area contributed by atoms with Gasteiger partial charge in [-0.25, -0.2) is 0 Å². The monoisotopic (exact) mass is 411 g/mol. The average Bonchev–Trinajstić information content (AvgIpc) is 3.20. The Morgan fingerprint density at radius 1 is 1.20 bits per heavy atom. The molecule has 1 N–H and O–H groups in total. The molecule has 0 bridgehead atoms. The lowest BCUT2D eigenvalue weighted by Crippen LogP contribution is -2.50. The van der Waals surface area contributed by atoms with Crippen molar-refractivity contribution in [1.82, 2.24) is 14.7 Å². The van der Waals surface area contributed by atoms with Gasteiger partial charge in [0.15, 0.2) is 11.5 Å². The number of morpholine rings is 1. The number of hydrogen-bond donors (Lipinski definition) is 1. The number of carbonyl (C=O) groups excluding carboxylic acids is 1. The van der Waals surface area contributed by atoms with E-state index < -0.39 is 12.1 Å². The van der Waals surface area contributed by atoms with E-state index in [1.807, 2.05) is 36.4 Å². The molecule has 0 aliphatic carbocycles. The maximum Gasteiger partial charge on any atom is 0.245 e. The summed E-state index contributed by atoms with van der Waals surface area (Å²) in [6, 6.07) is 12.8. The number of ether oxygens (including phenoxy) is 3. The molecule has 1 aliphatic heterocycles. The fourth-order valence-corrected chi connectivity index (χ4v) is 3.97. The summed E-state index contributed by atoms with van der Waals surface area (Å²) in [6.07, 6.45) is 1.22. The maximum absolute atomic E-state index is 13.3. The topological polar surface area (TPSA) is 86.0 Å². The largest absolute Gasteiger partial charge is 0.493 e. The van der Waals surface area contributed by atoms with Gasteiger partial charge in [0.25, 0.3) is 0 Å². The molecule has 0 saturated carbocycles. The van der Waals surface area contributed by atoms with E-state index in [-0.39, 0.29) is 19.1 Å². The number of rotatable bonds is 6. The number of aromatic nitrogens is 2. The zero-order valence-electron chi connectivity index (χ0n) is 17.0. The minimum atomic E-state index is -0.532. The molecule has 1 amide bonds. The first-order chi connectivity index (χ1) is 14.7. The first-order valence-electron chi connectivity index (χ1n) is 9.80. The summed E-state index contributed by atoms with van der Waals surface area (Å²) in [5.74, 6) is 1.06. The van der Waals surface area contributed by atoms with Crippen molar-refractivity contribution < 1.29 is 24.1 Å². The summed E-state index contributed by atoms with van der Waals surface area (Å²) in [7, 11) is 3.14. The van der Waals surface area contributed by atoms with Gasteiger partial charge in [-0.05, 0) is 23.8 Å². The molecule has 3 aromatic rings. The third-order valence-corrected chi connectivity index (χ3v) is 5.44. The van der Waals surface area contributed by atoms with Crippen LogP contribution in [0.25, 0.3) is 10.9 Å². The summed E-state index contributed by atoms with van der Waals surface area (Å²) >= 11 is 0. The quantitative estimate of drug-likeness (QED) is 0.668. The number of hydrogen-bond acceptors (Lipinski definition) is 6. The van der Waals surface area contributed by atoms with Crippen molar-refractivity contribution in [2.45, 2.75) is 18.7 Å². The summed E-state index contributed by atoms with van der Waals surface area (Å²) < 4.78 is 18.2. The first kappa shape index (κ1) is 20.2. The van der Waals surface area contributed by atoms with Crippen molar-refractivity contribution in [2.24, 2.45) is 0 Å². The summed E-state index contributed by atoms with van der Waals surface area (Å²) in [5.41, 5.74) is 1.71. The van der Waals surface area contributed by atoms with E-state index >= 15 is 0 Å². The second kappa shape index (κ2) is 8.73. The Kier molecular flexibility index (Phi) is 5.87. The molecule has 0 unspecified atom stereocenters. The molecule has 2 heterocycles. The van der Waals surface area contributed by atoms with Gasteiger partial charge in [0.05, 0.1) is 45.2 Å². The van der Waals surface area contributed by atoms with Crippen LogP contribution in [0.1, 0.15) is 11.6 Å². The second-order valence-electron chi connectivity index (χ2n) is 7.10. The Morgan fingerprint density at radius 3 is 2.77 bits per heavy atom. The molecule has 1 aliphatic rings. The van der Waals surface area contributed by atoms with Crippen LogP contribution in [-0.4, -0.2) is 65.8 Å². The van der Waals surface area contributed by atoms with Crippen LogP contribution < -0.4 is 9.47 Å². The predicted octanol–water partition coefficient (Wildman–Crippen LogP) is 2.01. The molecule has 1 saturated heterocycles. The van der Waals surface area contributed by atoms with Crippen LogP contribution in [-0.2, 0) is 16.1 Å². The average molecular weight is 411 g/mol. The van der Waals surface area contributed by atoms with Crippen LogP contribution in [0.15, 0.2) is 48.7 Å². The van der Waals surface area contributed by atoms with Gasteiger partial charge in [-0.3, -0.25) is 9.48 Å². The van der Waals surface area contributed by atoms with Gasteiger partial charge in [0, 0.05) is 11.9 Å². The maximum atomic E-state index is 13.3. The Labute approximate surface area is 174 Å². The molecular weight excluding hydrogens is 386 g/mol. The van der Waals surface area contributed by atoms with E-state index in [1.54, 1.807) is 36.1 Å². The number of benzene rings is 2. The molecule has 30 heavy (non-hydrogen) atoms. The molecular formula is C22H25N3O5. The zero-order valence-corrected chi connectivity index (χ0v) is 17.0. The number of nitrogens with zero attached hydrogens (tertiary/aromatic N) is 3. The summed E-state index contributed by atoms with van der Waals surface area (Å²) in [4.78, 5) is 15.1. The number of amides is 1. The fraction of sp³-hybridized carbons (Fsp3) is 0.364. The van der Waals surface area contributed by atoms with Gasteiger partial charge < -0.3 is 24.2 Å². The minimum Gasteiger partial charge on any atom is -0.493 e. The van der Waals surface area contributed by atoms with Gasteiger partial charge in [-0.2, -0.15) is 5.10 Å². The Hall–Kier alpha value is -3.10. The number of aliphatic hydroxyl groups excluding tert-OH is 1. The van der Waals surface area contributed by atoms with Crippen LogP contribution in [0, 0.1) is 0 Å². The highest BCUT2D eigenvalue weighted by molar-refractivity contribution is 5.82. The molecule has 0 spiro atoms. The Balaban J connectivity index is 1.65. The molecule has 4 rings (SSSR count). The van der Waals surface area contributed by atoms with Gasteiger partial charge in [0.1, 0.15) is 12.6 Å². The van der Waals surface area contributed by atoms with Crippen LogP contribution in [0.3, 0.4) is 0 Å². The highest BCUT2D eigenvalue weighted by atomic mass is 16.5. The van der Waals surface area contributed by atoms with Crippen molar-refractivity contribution >= 4 is 16.8 Å². The third-order valence-electron chi connectivity index (χ3n) is 5.44. The third kappa shape index (κ3) is 3.71. The van der Waals surface area contributed by atoms with E-state index in [0.29, 0.717) is 24.7 Å². The van der Waals surface area contributed by atoms with Gasteiger partial charge in [-0.1, -0.05) is 24.3 Å². The molecule has 1 aromatic heterocycles. The molecule has 8 heteroatoms. The number of methoxy groups -OCH3 is 2. The highest BCUT2D eigenvalue weighted by Gasteiger charge is 2.36. The second-order valence-corrected chi connectivity index (χ2v) is 7.10. The number of para-hydroxylation sites is 1. The number of fused-ring (bicyclic) bond motifs is 1. The van der Waals surface area contributed by atoms with E-state index in [4.69, 9.17) is 14.2 Å². The fourth-order valence-electron chi connectivity index (χ4n) is 3.97. The van der Waals surface area contributed by atoms with Crippen molar-refractivity contribution in [1.29, 1.82) is 0 Å². The molecule has 2 aromatic carbocycles. The first-order valence-corrected chi connectivity index (χ1v) is 9.80. The van der Waals surface area contributed by atoms with Gasteiger partial charge in [0.2, 0.25) is 5.91 Å². The normalized spacial score (nSPS) is 19.1. The number of carbonyl (C=O) groups is 1. The molecule has 1 fully saturated rings. The molecule has 158 valence electrons. The van der Waals surface area contributed by atoms with E-state index in [9.17, 15) is 9.90 Å². The zero-order chi connectivity index (χ0) is 21.1. The van der Waals surface area contributed by atoms with Gasteiger partial charge >= 0.3 is 0 Å². The van der Waals surface area contributed by atoms with E-state index in [1.165, 1.54) is 0 Å². The van der Waals surface area contributed by atoms with Gasteiger partial charge in [-0.15, -0.1) is 0 Å². The SMILES string of the molecule is COc1ccc([C@@H]2[C@@H](CO)OCCN2C(=O)Cn2ncc3ccccc32)cc1OC. The van der Waals surface area contributed by atoms with Crippen LogP contribution in [0.4, 0.5) is 0 Å². The number of aliphatic hydroxyl groups is 1. The lowest BCUT2D eigenvalue weighted by Gasteiger charge is -2.41. The Morgan fingerprint density at radius 2 is 2.00 bits per heavy atom. The molecule has 8 nitrogen and oxygen atoms in total. The highest BCUT2D eigenvalue weighted by Crippen LogP contribution is 2.35. The van der Waals surface area contributed by atoms with E-state index in [0.717, 1.165) is 16.5 Å². The van der Waals surface area contributed by atoms with Crippen LogP contribution in [0.5, 0.6) is 11.5 Å². The summed E-state index contributed by atoms with van der Waals surface area (Å²) in [5, 5.41) is 15.3.